The van der Waals surface area contributed by atoms with E-state index in [1.807, 2.05) is 6.07 Å². The summed E-state index contributed by atoms with van der Waals surface area (Å²) in [5.41, 5.74) is 0.895. The Labute approximate surface area is 144 Å². The van der Waals surface area contributed by atoms with Gasteiger partial charge < -0.3 is 20.4 Å². The van der Waals surface area contributed by atoms with Gasteiger partial charge in [-0.3, -0.25) is 4.90 Å². The average molecular weight is 335 g/mol. The van der Waals surface area contributed by atoms with E-state index in [4.69, 9.17) is 0 Å². The van der Waals surface area contributed by atoms with Crippen molar-refractivity contribution in [3.05, 3.63) is 29.8 Å². The molecule has 0 aromatic heterocycles. The topological polar surface area (TPSA) is 76.0 Å². The van der Waals surface area contributed by atoms with E-state index in [0.29, 0.717) is 13.1 Å². The third kappa shape index (κ3) is 5.69. The van der Waals surface area contributed by atoms with Crippen LogP contribution < -0.4 is 5.32 Å². The summed E-state index contributed by atoms with van der Waals surface area (Å²) < 4.78 is 0. The third-order valence-electron chi connectivity index (χ3n) is 4.54. The summed E-state index contributed by atoms with van der Waals surface area (Å²) in [6.07, 6.45) is 4.32. The summed E-state index contributed by atoms with van der Waals surface area (Å²) in [5.74, 6) is 0.210. The largest absolute Gasteiger partial charge is 0.508 e. The highest BCUT2D eigenvalue weighted by Crippen LogP contribution is 2.16. The highest BCUT2D eigenvalue weighted by molar-refractivity contribution is 5.73. The van der Waals surface area contributed by atoms with E-state index in [1.54, 1.807) is 30.1 Å². The number of benzene rings is 1. The van der Waals surface area contributed by atoms with Crippen LogP contribution in [0.3, 0.4) is 0 Å². The lowest BCUT2D eigenvalue weighted by Crippen LogP contribution is -2.43. The molecule has 1 aliphatic heterocycles. The second-order valence-corrected chi connectivity index (χ2v) is 6.48. The predicted molar refractivity (Wildman–Crippen MR) is 93.9 cm³/mol. The number of amides is 2. The van der Waals surface area contributed by atoms with E-state index < -0.39 is 0 Å². The van der Waals surface area contributed by atoms with Crippen molar-refractivity contribution in [2.45, 2.75) is 38.3 Å². The zero-order chi connectivity index (χ0) is 17.4. The van der Waals surface area contributed by atoms with Crippen LogP contribution in [0.4, 0.5) is 4.79 Å². The van der Waals surface area contributed by atoms with Crippen LogP contribution in [-0.2, 0) is 6.54 Å². The Kier molecular flexibility index (Phi) is 7.34. The first-order valence-electron chi connectivity index (χ1n) is 8.72. The van der Waals surface area contributed by atoms with Gasteiger partial charge in [0, 0.05) is 32.7 Å². The molecule has 1 atom stereocenters. The van der Waals surface area contributed by atoms with Gasteiger partial charge in [-0.05, 0) is 43.5 Å². The molecule has 1 fully saturated rings. The molecular formula is C18H29N3O3. The summed E-state index contributed by atoms with van der Waals surface area (Å²) in [6.45, 7) is 3.24. The Hall–Kier alpha value is -1.79. The molecule has 6 heteroatoms. The van der Waals surface area contributed by atoms with E-state index in [-0.39, 0.29) is 24.4 Å². The molecule has 2 rings (SSSR count). The molecule has 0 aliphatic carbocycles. The minimum absolute atomic E-state index is 0.115. The number of aliphatic hydroxyl groups excluding tert-OH is 1. The lowest BCUT2D eigenvalue weighted by molar-refractivity contribution is 0.0893. The molecule has 1 aromatic carbocycles. The molecule has 24 heavy (non-hydrogen) atoms. The van der Waals surface area contributed by atoms with Gasteiger partial charge in [0.15, 0.2) is 0 Å². The fourth-order valence-electron chi connectivity index (χ4n) is 3.17. The molecule has 134 valence electrons. The molecule has 1 heterocycles. The molecule has 0 spiro atoms. The minimum Gasteiger partial charge on any atom is -0.508 e. The Morgan fingerprint density at radius 3 is 3.00 bits per heavy atom. The number of carbonyl (C=O) groups is 1. The lowest BCUT2D eigenvalue weighted by atomic mass is 10.0. The van der Waals surface area contributed by atoms with Gasteiger partial charge in [0.05, 0.1) is 6.61 Å². The summed E-state index contributed by atoms with van der Waals surface area (Å²) in [4.78, 5) is 16.0. The zero-order valence-electron chi connectivity index (χ0n) is 14.4. The lowest BCUT2D eigenvalue weighted by Gasteiger charge is -2.34. The Balaban J connectivity index is 1.67. The number of urea groups is 1. The van der Waals surface area contributed by atoms with Gasteiger partial charge in [0.25, 0.3) is 0 Å². The van der Waals surface area contributed by atoms with Crippen LogP contribution in [0.15, 0.2) is 24.3 Å². The molecule has 6 nitrogen and oxygen atoms in total. The molecule has 1 saturated heterocycles. The first kappa shape index (κ1) is 18.5. The number of hydrogen-bond acceptors (Lipinski definition) is 4. The van der Waals surface area contributed by atoms with Crippen LogP contribution in [0.25, 0.3) is 0 Å². The maximum Gasteiger partial charge on any atom is 0.317 e. The number of aliphatic hydroxyl groups is 1. The van der Waals surface area contributed by atoms with Gasteiger partial charge in [-0.1, -0.05) is 18.6 Å². The van der Waals surface area contributed by atoms with Crippen molar-refractivity contribution in [1.82, 2.24) is 15.1 Å². The molecule has 3 N–H and O–H groups in total. The highest BCUT2D eigenvalue weighted by Gasteiger charge is 2.20. The fraction of sp³-hybridized carbons (Fsp3) is 0.611. The number of nitrogens with zero attached hydrogens (tertiary/aromatic N) is 2. The highest BCUT2D eigenvalue weighted by atomic mass is 16.3. The molecule has 2 amide bonds. The van der Waals surface area contributed by atoms with Crippen LogP contribution in [0.2, 0.25) is 0 Å². The van der Waals surface area contributed by atoms with Gasteiger partial charge in [0.2, 0.25) is 0 Å². The second-order valence-electron chi connectivity index (χ2n) is 6.48. The van der Waals surface area contributed by atoms with E-state index in [2.05, 4.69) is 10.2 Å². The zero-order valence-corrected chi connectivity index (χ0v) is 14.4. The van der Waals surface area contributed by atoms with Crippen LogP contribution in [0.5, 0.6) is 5.75 Å². The minimum atomic E-state index is -0.115. The van der Waals surface area contributed by atoms with Crippen molar-refractivity contribution >= 4 is 6.03 Å². The van der Waals surface area contributed by atoms with Crippen molar-refractivity contribution in [2.75, 3.05) is 33.3 Å². The number of phenolic OH excluding ortho intramolecular Hbond substituents is 1. The van der Waals surface area contributed by atoms with E-state index >= 15 is 0 Å². The molecule has 0 bridgehead atoms. The molecule has 1 aliphatic rings. The molecule has 0 unspecified atom stereocenters. The molecule has 0 radical (unpaired) electrons. The van der Waals surface area contributed by atoms with Crippen LogP contribution >= 0.6 is 0 Å². The number of piperidine rings is 1. The van der Waals surface area contributed by atoms with Crippen LogP contribution in [-0.4, -0.2) is 65.4 Å². The van der Waals surface area contributed by atoms with Crippen molar-refractivity contribution in [3.63, 3.8) is 0 Å². The smallest absolute Gasteiger partial charge is 0.317 e. The standard InChI is InChI=1S/C18H29N3O3/c1-20(13-15-6-4-8-17(23)12-15)18(24)19-9-5-11-21-10-3-2-7-16(21)14-22/h4,6,8,12,16,22-23H,2-3,5,7,9-11,13-14H2,1H3,(H,19,24)/t16-/m1/s1. The van der Waals surface area contributed by atoms with Gasteiger partial charge in [0.1, 0.15) is 5.75 Å². The number of phenols is 1. The van der Waals surface area contributed by atoms with Gasteiger partial charge in [-0.2, -0.15) is 0 Å². The number of hydrogen-bond donors (Lipinski definition) is 3. The summed E-state index contributed by atoms with van der Waals surface area (Å²) in [7, 11) is 1.74. The normalized spacial score (nSPS) is 18.3. The van der Waals surface area contributed by atoms with E-state index in [0.717, 1.165) is 31.5 Å². The number of likely N-dealkylation sites (tertiary alicyclic amines) is 1. The Morgan fingerprint density at radius 2 is 2.25 bits per heavy atom. The Bertz CT molecular complexity index is 524. The number of aromatic hydroxyl groups is 1. The predicted octanol–water partition coefficient (Wildman–Crippen LogP) is 1.77. The number of rotatable bonds is 7. The van der Waals surface area contributed by atoms with Gasteiger partial charge in [-0.15, -0.1) is 0 Å². The summed E-state index contributed by atoms with van der Waals surface area (Å²) >= 11 is 0. The average Bonchev–Trinajstić information content (AvgIpc) is 2.58. The molecule has 1 aromatic rings. The van der Waals surface area contributed by atoms with E-state index in [1.165, 1.54) is 12.8 Å². The third-order valence-corrected chi connectivity index (χ3v) is 4.54. The van der Waals surface area contributed by atoms with E-state index in [9.17, 15) is 15.0 Å². The van der Waals surface area contributed by atoms with Crippen molar-refractivity contribution in [3.8, 4) is 5.75 Å². The van der Waals surface area contributed by atoms with Gasteiger partial charge in [-0.25, -0.2) is 4.79 Å². The summed E-state index contributed by atoms with van der Waals surface area (Å²) in [5, 5.41) is 21.8. The molecular weight excluding hydrogens is 306 g/mol. The quantitative estimate of drug-likeness (QED) is 0.664. The number of nitrogens with one attached hydrogen (secondary N) is 1. The first-order valence-corrected chi connectivity index (χ1v) is 8.72. The monoisotopic (exact) mass is 335 g/mol. The number of carbonyl (C=O) groups excluding carboxylic acids is 1. The Morgan fingerprint density at radius 1 is 1.42 bits per heavy atom. The van der Waals surface area contributed by atoms with Gasteiger partial charge >= 0.3 is 6.03 Å². The second kappa shape index (κ2) is 9.49. The van der Waals surface area contributed by atoms with Crippen LogP contribution in [0, 0.1) is 0 Å². The maximum atomic E-state index is 12.1. The van der Waals surface area contributed by atoms with Crippen molar-refractivity contribution in [2.24, 2.45) is 0 Å². The maximum absolute atomic E-state index is 12.1. The SMILES string of the molecule is CN(Cc1cccc(O)c1)C(=O)NCCCN1CCCC[C@@H]1CO. The van der Waals surface area contributed by atoms with Crippen molar-refractivity contribution in [1.29, 1.82) is 0 Å². The summed E-state index contributed by atoms with van der Waals surface area (Å²) in [6, 6.07) is 7.10. The van der Waals surface area contributed by atoms with Crippen molar-refractivity contribution < 1.29 is 15.0 Å². The van der Waals surface area contributed by atoms with Crippen LogP contribution in [0.1, 0.15) is 31.2 Å². The molecule has 0 saturated carbocycles. The fourth-order valence-corrected chi connectivity index (χ4v) is 3.17. The first-order chi connectivity index (χ1) is 11.6.